The lowest BCUT2D eigenvalue weighted by Crippen LogP contribution is -2.57. The van der Waals surface area contributed by atoms with Crippen molar-refractivity contribution in [2.24, 2.45) is 5.41 Å². The van der Waals surface area contributed by atoms with E-state index >= 15 is 0 Å². The molecule has 0 amide bonds. The summed E-state index contributed by atoms with van der Waals surface area (Å²) in [5.74, 6) is 0.740. The molecule has 21 heavy (non-hydrogen) atoms. The van der Waals surface area contributed by atoms with Crippen molar-refractivity contribution in [1.82, 2.24) is 20.0 Å². The van der Waals surface area contributed by atoms with Gasteiger partial charge in [0.05, 0.1) is 5.69 Å². The summed E-state index contributed by atoms with van der Waals surface area (Å²) in [7, 11) is 0. The summed E-state index contributed by atoms with van der Waals surface area (Å²) >= 11 is 0. The van der Waals surface area contributed by atoms with E-state index in [1.807, 2.05) is 0 Å². The maximum Gasteiger partial charge on any atom is 0.0656 e. The van der Waals surface area contributed by atoms with Crippen LogP contribution in [-0.4, -0.2) is 52.2 Å². The van der Waals surface area contributed by atoms with Gasteiger partial charge < -0.3 is 0 Å². The number of rotatable bonds is 4. The quantitative estimate of drug-likeness (QED) is 0.925. The molecule has 0 aromatic carbocycles. The number of hydrogen-bond donors (Lipinski definition) is 1. The predicted molar refractivity (Wildman–Crippen MR) is 84.2 cm³/mol. The third kappa shape index (κ3) is 2.76. The zero-order valence-corrected chi connectivity index (χ0v) is 13.4. The van der Waals surface area contributed by atoms with Crippen LogP contribution in [0.15, 0.2) is 6.07 Å². The van der Waals surface area contributed by atoms with Gasteiger partial charge in [-0.15, -0.1) is 0 Å². The Labute approximate surface area is 127 Å². The monoisotopic (exact) mass is 288 g/mol. The Morgan fingerprint density at radius 1 is 1.29 bits per heavy atom. The van der Waals surface area contributed by atoms with Crippen molar-refractivity contribution in [3.63, 3.8) is 0 Å². The highest BCUT2D eigenvalue weighted by Crippen LogP contribution is 2.36. The molecule has 2 aliphatic heterocycles. The smallest absolute Gasteiger partial charge is 0.0656 e. The van der Waals surface area contributed by atoms with Crippen LogP contribution in [0.2, 0.25) is 0 Å². The second-order valence-electron chi connectivity index (χ2n) is 8.19. The van der Waals surface area contributed by atoms with E-state index in [0.29, 0.717) is 5.41 Å². The Morgan fingerprint density at radius 2 is 2.10 bits per heavy atom. The van der Waals surface area contributed by atoms with Crippen LogP contribution in [0.25, 0.3) is 0 Å². The first-order valence-electron chi connectivity index (χ1n) is 8.60. The average Bonchev–Trinajstić information content (AvgIpc) is 2.94. The highest BCUT2D eigenvalue weighted by molar-refractivity contribution is 5.15. The number of likely N-dealkylation sites (tertiary alicyclic amines) is 2. The molecule has 2 saturated heterocycles. The van der Waals surface area contributed by atoms with Crippen LogP contribution in [0.5, 0.6) is 0 Å². The predicted octanol–water partition coefficient (Wildman–Crippen LogP) is 2.59. The summed E-state index contributed by atoms with van der Waals surface area (Å²) in [4.78, 5) is 5.26. The van der Waals surface area contributed by atoms with Gasteiger partial charge in [0, 0.05) is 50.4 Å². The van der Waals surface area contributed by atoms with Crippen LogP contribution >= 0.6 is 0 Å². The third-order valence-electron chi connectivity index (χ3n) is 5.59. The average molecular weight is 288 g/mol. The topological polar surface area (TPSA) is 35.2 Å². The number of H-pyrrole nitrogens is 1. The Balaban J connectivity index is 1.29. The molecular formula is C17H28N4. The molecule has 1 atom stereocenters. The largest absolute Gasteiger partial charge is 0.298 e. The zero-order valence-electron chi connectivity index (χ0n) is 13.4. The zero-order chi connectivity index (χ0) is 14.4. The lowest BCUT2D eigenvalue weighted by atomic mass is 9.83. The second kappa shape index (κ2) is 5.10. The minimum absolute atomic E-state index is 0.550. The van der Waals surface area contributed by atoms with Crippen molar-refractivity contribution in [2.75, 3.05) is 26.2 Å². The maximum absolute atomic E-state index is 4.52. The number of nitrogens with zero attached hydrogens (tertiary/aromatic N) is 3. The lowest BCUT2D eigenvalue weighted by molar-refractivity contribution is -0.00292. The van der Waals surface area contributed by atoms with E-state index in [0.717, 1.165) is 18.5 Å². The van der Waals surface area contributed by atoms with Crippen molar-refractivity contribution in [2.45, 2.75) is 58.0 Å². The second-order valence-corrected chi connectivity index (χ2v) is 8.19. The summed E-state index contributed by atoms with van der Waals surface area (Å²) in [6.07, 6.45) is 5.38. The van der Waals surface area contributed by atoms with E-state index < -0.39 is 0 Å². The molecule has 3 aliphatic rings. The fourth-order valence-electron chi connectivity index (χ4n) is 4.18. The first kappa shape index (κ1) is 13.8. The van der Waals surface area contributed by atoms with Crippen LogP contribution in [-0.2, 0) is 6.54 Å². The molecule has 1 N–H and O–H groups in total. The molecule has 0 bridgehead atoms. The Kier molecular flexibility index (Phi) is 3.34. The molecule has 3 fully saturated rings. The highest BCUT2D eigenvalue weighted by atomic mass is 15.3. The van der Waals surface area contributed by atoms with Crippen molar-refractivity contribution in [3.8, 4) is 0 Å². The van der Waals surface area contributed by atoms with E-state index in [1.165, 1.54) is 63.3 Å². The van der Waals surface area contributed by atoms with Gasteiger partial charge >= 0.3 is 0 Å². The molecule has 3 heterocycles. The van der Waals surface area contributed by atoms with Crippen molar-refractivity contribution in [3.05, 3.63) is 17.5 Å². The molecule has 4 rings (SSSR count). The van der Waals surface area contributed by atoms with Gasteiger partial charge in [0.15, 0.2) is 0 Å². The van der Waals surface area contributed by atoms with Gasteiger partial charge in [0.25, 0.3) is 0 Å². The van der Waals surface area contributed by atoms with Gasteiger partial charge in [-0.25, -0.2) is 0 Å². The van der Waals surface area contributed by atoms with Crippen LogP contribution in [0, 0.1) is 5.41 Å². The minimum Gasteiger partial charge on any atom is -0.298 e. The van der Waals surface area contributed by atoms with E-state index in [2.05, 4.69) is 39.9 Å². The molecule has 1 unspecified atom stereocenters. The summed E-state index contributed by atoms with van der Waals surface area (Å²) in [6.45, 7) is 10.8. The van der Waals surface area contributed by atoms with Gasteiger partial charge in [-0.1, -0.05) is 20.3 Å². The SMILES string of the molecule is CC1(C)CN(C2CCN(Cc3cc(C4CCC4)n[nH]3)C2)C1. The van der Waals surface area contributed by atoms with E-state index in [9.17, 15) is 0 Å². The third-order valence-corrected chi connectivity index (χ3v) is 5.59. The first-order valence-corrected chi connectivity index (χ1v) is 8.60. The summed E-state index contributed by atoms with van der Waals surface area (Å²) in [5, 5.41) is 7.78. The fraction of sp³-hybridized carbons (Fsp3) is 0.824. The van der Waals surface area contributed by atoms with Gasteiger partial charge in [0.2, 0.25) is 0 Å². The molecular weight excluding hydrogens is 260 g/mol. The van der Waals surface area contributed by atoms with Crippen LogP contribution in [0.4, 0.5) is 0 Å². The molecule has 0 spiro atoms. The number of aromatic amines is 1. The van der Waals surface area contributed by atoms with Gasteiger partial charge in [-0.2, -0.15) is 5.10 Å². The Hall–Kier alpha value is -0.870. The molecule has 4 heteroatoms. The van der Waals surface area contributed by atoms with Gasteiger partial charge in [0.1, 0.15) is 0 Å². The molecule has 1 aromatic heterocycles. The summed E-state index contributed by atoms with van der Waals surface area (Å²) < 4.78 is 0. The van der Waals surface area contributed by atoms with Crippen LogP contribution < -0.4 is 0 Å². The molecule has 1 aliphatic carbocycles. The van der Waals surface area contributed by atoms with E-state index in [-0.39, 0.29) is 0 Å². The molecule has 4 nitrogen and oxygen atoms in total. The Morgan fingerprint density at radius 3 is 2.76 bits per heavy atom. The van der Waals surface area contributed by atoms with Gasteiger partial charge in [-0.3, -0.25) is 14.9 Å². The lowest BCUT2D eigenvalue weighted by Gasteiger charge is -2.49. The van der Waals surface area contributed by atoms with Gasteiger partial charge in [-0.05, 0) is 30.7 Å². The first-order chi connectivity index (χ1) is 10.1. The van der Waals surface area contributed by atoms with Crippen molar-refractivity contribution < 1.29 is 0 Å². The summed E-state index contributed by atoms with van der Waals surface area (Å²) in [6, 6.07) is 3.09. The maximum atomic E-state index is 4.52. The highest BCUT2D eigenvalue weighted by Gasteiger charge is 2.40. The van der Waals surface area contributed by atoms with E-state index in [1.54, 1.807) is 0 Å². The van der Waals surface area contributed by atoms with Crippen LogP contribution in [0.1, 0.15) is 56.8 Å². The molecule has 0 radical (unpaired) electrons. The van der Waals surface area contributed by atoms with Crippen molar-refractivity contribution >= 4 is 0 Å². The molecule has 116 valence electrons. The molecule has 1 saturated carbocycles. The standard InChI is InChI=1S/C17H28N4/c1-17(2)11-21(12-17)15-6-7-20(10-15)9-14-8-16(19-18-14)13-4-3-5-13/h8,13,15H,3-7,9-12H2,1-2H3,(H,18,19). The Bertz CT molecular complexity index is 495. The minimum atomic E-state index is 0.550. The normalized spacial score (nSPS) is 30.3. The number of hydrogen-bond acceptors (Lipinski definition) is 3. The number of nitrogens with one attached hydrogen (secondary N) is 1. The fourth-order valence-corrected chi connectivity index (χ4v) is 4.18. The number of aromatic nitrogens is 2. The van der Waals surface area contributed by atoms with Crippen LogP contribution in [0.3, 0.4) is 0 Å². The van der Waals surface area contributed by atoms with E-state index in [4.69, 9.17) is 0 Å². The molecule has 1 aromatic rings. The summed E-state index contributed by atoms with van der Waals surface area (Å²) in [5.41, 5.74) is 3.16. The van der Waals surface area contributed by atoms with Crippen molar-refractivity contribution in [1.29, 1.82) is 0 Å².